The molecule has 4 heteroatoms. The lowest BCUT2D eigenvalue weighted by molar-refractivity contribution is 0.0438. The first-order valence-electron chi connectivity index (χ1n) is 5.33. The van der Waals surface area contributed by atoms with Crippen molar-refractivity contribution in [3.05, 3.63) is 0 Å². The van der Waals surface area contributed by atoms with Crippen LogP contribution >= 0.6 is 8.25 Å². The summed E-state index contributed by atoms with van der Waals surface area (Å²) in [6.45, 7) is 6.49. The van der Waals surface area contributed by atoms with Crippen LogP contribution in [0.3, 0.4) is 0 Å². The SMILES string of the molecule is CC1CCC(C(C)C)C(O[P+](=O)O)C1. The lowest BCUT2D eigenvalue weighted by atomic mass is 9.75. The monoisotopic (exact) mass is 219 g/mol. The lowest BCUT2D eigenvalue weighted by Crippen LogP contribution is -2.32. The highest BCUT2D eigenvalue weighted by Crippen LogP contribution is 2.38. The fourth-order valence-corrected chi connectivity index (χ4v) is 2.83. The molecule has 1 fully saturated rings. The molecule has 0 aliphatic heterocycles. The first-order chi connectivity index (χ1) is 6.50. The molecule has 1 aliphatic rings. The van der Waals surface area contributed by atoms with Gasteiger partial charge in [-0.05, 0) is 30.6 Å². The second-order valence-electron chi connectivity index (χ2n) is 4.71. The van der Waals surface area contributed by atoms with Crippen LogP contribution in [0.1, 0.15) is 40.0 Å². The third kappa shape index (κ3) is 3.30. The number of rotatable bonds is 3. The second kappa shape index (κ2) is 5.20. The molecule has 0 aromatic carbocycles. The third-order valence-corrected chi connectivity index (χ3v) is 3.64. The van der Waals surface area contributed by atoms with E-state index in [0.717, 1.165) is 12.8 Å². The van der Waals surface area contributed by atoms with Gasteiger partial charge < -0.3 is 0 Å². The van der Waals surface area contributed by atoms with Gasteiger partial charge in [0, 0.05) is 4.57 Å². The smallest absolute Gasteiger partial charge is 0.133 e. The molecule has 1 rings (SSSR count). The Morgan fingerprint density at radius 2 is 2.07 bits per heavy atom. The summed E-state index contributed by atoms with van der Waals surface area (Å²) in [4.78, 5) is 8.78. The zero-order valence-corrected chi connectivity index (χ0v) is 10.0. The summed E-state index contributed by atoms with van der Waals surface area (Å²) in [5.74, 6) is 1.59. The highest BCUT2D eigenvalue weighted by Gasteiger charge is 2.36. The third-order valence-electron chi connectivity index (χ3n) is 3.19. The van der Waals surface area contributed by atoms with E-state index < -0.39 is 8.25 Å². The normalized spacial score (nSPS) is 34.6. The Morgan fingerprint density at radius 3 is 2.57 bits per heavy atom. The van der Waals surface area contributed by atoms with Crippen molar-refractivity contribution >= 4 is 8.25 Å². The Kier molecular flexibility index (Phi) is 4.49. The zero-order chi connectivity index (χ0) is 10.7. The summed E-state index contributed by atoms with van der Waals surface area (Å²) >= 11 is 0. The molecule has 0 spiro atoms. The highest BCUT2D eigenvalue weighted by molar-refractivity contribution is 7.32. The molecule has 1 N–H and O–H groups in total. The summed E-state index contributed by atoms with van der Waals surface area (Å²) in [6, 6.07) is 0. The second-order valence-corrected chi connectivity index (χ2v) is 5.39. The van der Waals surface area contributed by atoms with Crippen LogP contribution in [0.25, 0.3) is 0 Å². The van der Waals surface area contributed by atoms with Crippen LogP contribution in [0, 0.1) is 17.8 Å². The quantitative estimate of drug-likeness (QED) is 0.742. The molecule has 4 atom stereocenters. The highest BCUT2D eigenvalue weighted by atomic mass is 31.1. The molecule has 1 saturated carbocycles. The van der Waals surface area contributed by atoms with E-state index in [9.17, 15) is 4.57 Å². The van der Waals surface area contributed by atoms with E-state index in [2.05, 4.69) is 20.8 Å². The van der Waals surface area contributed by atoms with Crippen LogP contribution in [0.4, 0.5) is 0 Å². The van der Waals surface area contributed by atoms with E-state index >= 15 is 0 Å². The average Bonchev–Trinajstić information content (AvgIpc) is 2.01. The van der Waals surface area contributed by atoms with E-state index in [-0.39, 0.29) is 6.10 Å². The van der Waals surface area contributed by atoms with E-state index in [0.29, 0.717) is 17.8 Å². The van der Waals surface area contributed by atoms with Crippen LogP contribution in [0.2, 0.25) is 0 Å². The Bertz CT molecular complexity index is 206. The largest absolute Gasteiger partial charge is 0.695 e. The fourth-order valence-electron chi connectivity index (χ4n) is 2.35. The Morgan fingerprint density at radius 1 is 1.43 bits per heavy atom. The van der Waals surface area contributed by atoms with Crippen LogP contribution in [0.15, 0.2) is 0 Å². The molecule has 3 nitrogen and oxygen atoms in total. The summed E-state index contributed by atoms with van der Waals surface area (Å²) in [5, 5.41) is 0. The van der Waals surface area contributed by atoms with Crippen LogP contribution in [-0.2, 0) is 9.09 Å². The van der Waals surface area contributed by atoms with Gasteiger partial charge in [0.2, 0.25) is 0 Å². The minimum absolute atomic E-state index is 0.0210. The first kappa shape index (κ1) is 12.1. The van der Waals surface area contributed by atoms with Gasteiger partial charge in [0.1, 0.15) is 6.10 Å². The Balaban J connectivity index is 2.58. The molecular weight excluding hydrogens is 199 g/mol. The first-order valence-corrected chi connectivity index (χ1v) is 6.46. The van der Waals surface area contributed by atoms with Crippen LogP contribution in [-0.4, -0.2) is 11.0 Å². The molecule has 0 aromatic rings. The predicted octanol–water partition coefficient (Wildman–Crippen LogP) is 3.11. The van der Waals surface area contributed by atoms with Gasteiger partial charge in [-0.25, -0.2) is 0 Å². The van der Waals surface area contributed by atoms with Gasteiger partial charge in [-0.1, -0.05) is 27.2 Å². The van der Waals surface area contributed by atoms with Crippen molar-refractivity contribution < 1.29 is 14.0 Å². The molecule has 0 amide bonds. The summed E-state index contributed by atoms with van der Waals surface area (Å²) in [7, 11) is -2.44. The van der Waals surface area contributed by atoms with Crippen LogP contribution in [0.5, 0.6) is 0 Å². The van der Waals surface area contributed by atoms with E-state index in [1.54, 1.807) is 0 Å². The van der Waals surface area contributed by atoms with Gasteiger partial charge in [-0.3, -0.25) is 0 Å². The van der Waals surface area contributed by atoms with Crippen molar-refractivity contribution in [2.75, 3.05) is 0 Å². The van der Waals surface area contributed by atoms with Gasteiger partial charge in [0.25, 0.3) is 0 Å². The Hall–Kier alpha value is 0.0200. The van der Waals surface area contributed by atoms with E-state index in [1.807, 2.05) is 0 Å². The van der Waals surface area contributed by atoms with E-state index in [1.165, 1.54) is 6.42 Å². The lowest BCUT2D eigenvalue weighted by Gasteiger charge is -2.33. The molecule has 82 valence electrons. The average molecular weight is 219 g/mol. The predicted molar refractivity (Wildman–Crippen MR) is 56.0 cm³/mol. The van der Waals surface area contributed by atoms with Crippen molar-refractivity contribution in [3.63, 3.8) is 0 Å². The standard InChI is InChI=1S/C10H19O3P/c1-7(2)9-5-4-8(3)6-10(9)13-14(11)12/h7-10H,4-6H2,1-3H3/p+1. The maximum absolute atomic E-state index is 10.7. The van der Waals surface area contributed by atoms with Crippen molar-refractivity contribution in [2.24, 2.45) is 17.8 Å². The summed E-state index contributed by atoms with van der Waals surface area (Å²) in [6.07, 6.45) is 3.23. The molecule has 0 bridgehead atoms. The maximum Gasteiger partial charge on any atom is 0.695 e. The van der Waals surface area contributed by atoms with Crippen molar-refractivity contribution in [1.29, 1.82) is 0 Å². The number of hydrogen-bond donors (Lipinski definition) is 1. The van der Waals surface area contributed by atoms with Crippen LogP contribution < -0.4 is 0 Å². The van der Waals surface area contributed by atoms with Gasteiger partial charge in [0.05, 0.1) is 0 Å². The van der Waals surface area contributed by atoms with E-state index in [4.69, 9.17) is 9.42 Å². The maximum atomic E-state index is 10.7. The molecule has 4 unspecified atom stereocenters. The minimum Gasteiger partial charge on any atom is -0.133 e. The molecule has 0 saturated heterocycles. The molecule has 0 aromatic heterocycles. The number of hydrogen-bond acceptors (Lipinski definition) is 2. The van der Waals surface area contributed by atoms with Gasteiger partial charge in [-0.2, -0.15) is 0 Å². The van der Waals surface area contributed by atoms with Gasteiger partial charge in [-0.15, -0.1) is 9.42 Å². The van der Waals surface area contributed by atoms with Gasteiger partial charge in [0.15, 0.2) is 0 Å². The zero-order valence-electron chi connectivity index (χ0n) is 9.14. The van der Waals surface area contributed by atoms with Crippen molar-refractivity contribution in [1.82, 2.24) is 0 Å². The molecule has 0 radical (unpaired) electrons. The van der Waals surface area contributed by atoms with Gasteiger partial charge >= 0.3 is 8.25 Å². The molecule has 1 aliphatic carbocycles. The van der Waals surface area contributed by atoms with Crippen molar-refractivity contribution in [3.8, 4) is 0 Å². The summed E-state index contributed by atoms with van der Waals surface area (Å²) in [5.41, 5.74) is 0. The molecule has 14 heavy (non-hydrogen) atoms. The topological polar surface area (TPSA) is 46.5 Å². The minimum atomic E-state index is -2.44. The molecule has 0 heterocycles. The molecular formula is C10H20O3P+. The fraction of sp³-hybridized carbons (Fsp3) is 1.00. The Labute approximate surface area is 86.8 Å². The summed E-state index contributed by atoms with van der Waals surface area (Å²) < 4.78 is 15.8. The van der Waals surface area contributed by atoms with Crippen molar-refractivity contribution in [2.45, 2.75) is 46.1 Å².